The van der Waals surface area contributed by atoms with Gasteiger partial charge >= 0.3 is 11.4 Å². The van der Waals surface area contributed by atoms with E-state index in [1.807, 2.05) is 48.5 Å². The van der Waals surface area contributed by atoms with Gasteiger partial charge in [-0.25, -0.2) is 19.8 Å². The fraction of sp³-hybridized carbons (Fsp3) is 0.0769. The second kappa shape index (κ2) is 11.2. The number of nitrogens with zero attached hydrogens (tertiary/aromatic N) is 6. The van der Waals surface area contributed by atoms with Crippen molar-refractivity contribution in [1.29, 1.82) is 0 Å². The number of hydrogen-bond donors (Lipinski definition) is 2. The third-order valence-corrected chi connectivity index (χ3v) is 6.07. The molecule has 0 bridgehead atoms. The molecule has 5 rings (SSSR count). The smallest absolute Gasteiger partial charge is 0.244 e. The number of halogens is 2. The van der Waals surface area contributed by atoms with Gasteiger partial charge in [0.2, 0.25) is 0 Å². The summed E-state index contributed by atoms with van der Waals surface area (Å²) in [6.45, 7) is 0. The highest BCUT2D eigenvalue weighted by Crippen LogP contribution is 2.13. The lowest BCUT2D eigenvalue weighted by Crippen LogP contribution is -2.15. The molecule has 0 aliphatic carbocycles. The van der Waals surface area contributed by atoms with Gasteiger partial charge in [0, 0.05) is 22.9 Å². The predicted molar refractivity (Wildman–Crippen MR) is 147 cm³/mol. The highest BCUT2D eigenvalue weighted by molar-refractivity contribution is 6.30. The van der Waals surface area contributed by atoms with Gasteiger partial charge in [0.25, 0.3) is 0 Å². The Hall–Kier alpha value is -4.54. The summed E-state index contributed by atoms with van der Waals surface area (Å²) in [4.78, 5) is 24.4. The van der Waals surface area contributed by atoms with Crippen LogP contribution in [0.1, 0.15) is 33.9 Å². The topological polar surface area (TPSA) is 126 Å². The highest BCUT2D eigenvalue weighted by Gasteiger charge is 2.09. The number of aromatic nitrogens is 6. The molecule has 5 aromatic rings. The zero-order chi connectivity index (χ0) is 26.5. The molecule has 0 unspecified atom stereocenters. The molecule has 0 aliphatic rings. The molecule has 38 heavy (non-hydrogen) atoms. The summed E-state index contributed by atoms with van der Waals surface area (Å²) < 4.78 is 2.44. The maximum atomic E-state index is 12.2. The minimum Gasteiger partial charge on any atom is -0.244 e. The van der Waals surface area contributed by atoms with Crippen molar-refractivity contribution < 1.29 is 0 Å². The molecule has 0 saturated heterocycles. The van der Waals surface area contributed by atoms with E-state index in [0.717, 1.165) is 22.3 Å². The first kappa shape index (κ1) is 25.1. The molecular weight excluding hydrogens is 527 g/mol. The van der Waals surface area contributed by atoms with Gasteiger partial charge in [-0.05, 0) is 46.5 Å². The maximum absolute atomic E-state index is 12.2. The molecule has 0 saturated carbocycles. The SMILES string of the molecule is O=c1[nH]nc(Cc2ccc(Cl)cc2)n1/N=C/c1ccc(/C=N/n2c(Cc3ccc(Cl)cc3)n[nH]c2=O)cc1. The monoisotopic (exact) mass is 546 g/mol. The van der Waals surface area contributed by atoms with Crippen LogP contribution in [0.2, 0.25) is 10.0 Å². The van der Waals surface area contributed by atoms with E-state index in [-0.39, 0.29) is 0 Å². The number of benzene rings is 3. The van der Waals surface area contributed by atoms with Crippen molar-refractivity contribution in [3.8, 4) is 0 Å². The Balaban J connectivity index is 1.28. The number of aromatic amines is 2. The van der Waals surface area contributed by atoms with Gasteiger partial charge in [-0.3, -0.25) is 0 Å². The molecule has 2 heterocycles. The average Bonchev–Trinajstić information content (AvgIpc) is 3.45. The van der Waals surface area contributed by atoms with Gasteiger partial charge < -0.3 is 0 Å². The van der Waals surface area contributed by atoms with Crippen molar-refractivity contribution in [1.82, 2.24) is 29.7 Å². The van der Waals surface area contributed by atoms with Crippen molar-refractivity contribution in [3.63, 3.8) is 0 Å². The maximum Gasteiger partial charge on any atom is 0.364 e. The highest BCUT2D eigenvalue weighted by atomic mass is 35.5. The Morgan fingerprint density at radius 2 is 1.00 bits per heavy atom. The van der Waals surface area contributed by atoms with Gasteiger partial charge in [0.15, 0.2) is 11.6 Å². The fourth-order valence-corrected chi connectivity index (χ4v) is 3.85. The normalized spacial score (nSPS) is 11.6. The molecule has 3 aromatic carbocycles. The van der Waals surface area contributed by atoms with E-state index in [0.29, 0.717) is 34.5 Å². The number of nitrogens with one attached hydrogen (secondary N) is 2. The quantitative estimate of drug-likeness (QED) is 0.287. The van der Waals surface area contributed by atoms with Crippen LogP contribution < -0.4 is 11.4 Å². The van der Waals surface area contributed by atoms with Crippen LogP contribution in [0, 0.1) is 0 Å². The lowest BCUT2D eigenvalue weighted by Gasteiger charge is -2.02. The Labute approximate surface area is 225 Å². The Morgan fingerprint density at radius 3 is 1.37 bits per heavy atom. The number of hydrogen-bond acceptors (Lipinski definition) is 6. The van der Waals surface area contributed by atoms with Crippen LogP contribution in [0.5, 0.6) is 0 Å². The van der Waals surface area contributed by atoms with E-state index >= 15 is 0 Å². The zero-order valence-corrected chi connectivity index (χ0v) is 21.3. The summed E-state index contributed by atoms with van der Waals surface area (Å²) in [5.74, 6) is 0.939. The van der Waals surface area contributed by atoms with E-state index < -0.39 is 11.4 Å². The fourth-order valence-electron chi connectivity index (χ4n) is 3.60. The number of H-pyrrole nitrogens is 2. The largest absolute Gasteiger partial charge is 0.364 e. The summed E-state index contributed by atoms with van der Waals surface area (Å²) in [5, 5.41) is 22.9. The van der Waals surface area contributed by atoms with Crippen LogP contribution in [-0.2, 0) is 12.8 Å². The molecular formula is C26H20Cl2N8O2. The Bertz CT molecular complexity index is 1580. The van der Waals surface area contributed by atoms with E-state index in [2.05, 4.69) is 30.6 Å². The minimum absolute atomic E-state index is 0.413. The van der Waals surface area contributed by atoms with Crippen LogP contribution in [0.15, 0.2) is 92.6 Å². The molecule has 0 amide bonds. The first-order chi connectivity index (χ1) is 18.4. The van der Waals surface area contributed by atoms with Gasteiger partial charge in [-0.15, -0.1) is 0 Å². The van der Waals surface area contributed by atoms with Crippen LogP contribution in [0.3, 0.4) is 0 Å². The van der Waals surface area contributed by atoms with Crippen molar-refractivity contribution in [2.45, 2.75) is 12.8 Å². The van der Waals surface area contributed by atoms with Gasteiger partial charge in [-0.1, -0.05) is 71.7 Å². The summed E-state index contributed by atoms with van der Waals surface area (Å²) in [5.41, 5.74) is 2.54. The van der Waals surface area contributed by atoms with Crippen LogP contribution in [-0.4, -0.2) is 42.2 Å². The van der Waals surface area contributed by atoms with Gasteiger partial charge in [0.05, 0.1) is 12.4 Å². The standard InChI is InChI=1S/C26H20Cl2N8O2/c27-21-9-5-17(6-10-21)13-23-31-33-25(37)35(23)29-15-19-1-2-20(4-3-19)16-30-36-24(32-34-26(36)38)14-18-7-11-22(28)12-8-18/h1-12,15-16H,13-14H2,(H,33,37)(H,34,38)/b29-15+,30-16+. The zero-order valence-electron chi connectivity index (χ0n) is 19.8. The number of rotatable bonds is 8. The van der Waals surface area contributed by atoms with E-state index in [1.165, 1.54) is 9.35 Å². The molecule has 190 valence electrons. The van der Waals surface area contributed by atoms with Crippen molar-refractivity contribution in [2.75, 3.05) is 0 Å². The second-order valence-corrected chi connectivity index (χ2v) is 9.15. The van der Waals surface area contributed by atoms with Crippen molar-refractivity contribution >= 4 is 35.6 Å². The van der Waals surface area contributed by atoms with E-state index in [1.54, 1.807) is 36.7 Å². The third kappa shape index (κ3) is 6.05. The minimum atomic E-state index is -0.436. The third-order valence-electron chi connectivity index (χ3n) is 5.57. The summed E-state index contributed by atoms with van der Waals surface area (Å²) in [6, 6.07) is 21.9. The summed E-state index contributed by atoms with van der Waals surface area (Å²) >= 11 is 11.9. The molecule has 2 aromatic heterocycles. The molecule has 0 spiro atoms. The van der Waals surface area contributed by atoms with Crippen molar-refractivity contribution in [3.05, 3.63) is 138 Å². The summed E-state index contributed by atoms with van der Waals surface area (Å²) in [6.07, 6.45) is 3.95. The molecule has 0 atom stereocenters. The van der Waals surface area contributed by atoms with E-state index in [4.69, 9.17) is 23.2 Å². The molecule has 0 fully saturated rings. The molecule has 12 heteroatoms. The van der Waals surface area contributed by atoms with Crippen LogP contribution >= 0.6 is 23.2 Å². The first-order valence-corrected chi connectivity index (χ1v) is 12.2. The first-order valence-electron chi connectivity index (χ1n) is 11.4. The summed E-state index contributed by atoms with van der Waals surface area (Å²) in [7, 11) is 0. The molecule has 0 aliphatic heterocycles. The van der Waals surface area contributed by atoms with Crippen molar-refractivity contribution in [2.24, 2.45) is 10.2 Å². The lowest BCUT2D eigenvalue weighted by atomic mass is 10.1. The molecule has 2 N–H and O–H groups in total. The predicted octanol–water partition coefficient (Wildman–Crippen LogP) is 3.71. The molecule has 0 radical (unpaired) electrons. The molecule has 10 nitrogen and oxygen atoms in total. The Kier molecular flexibility index (Phi) is 7.43. The lowest BCUT2D eigenvalue weighted by molar-refractivity contribution is 0.775. The Morgan fingerprint density at radius 1 is 0.632 bits per heavy atom. The van der Waals surface area contributed by atoms with Gasteiger partial charge in [-0.2, -0.15) is 29.8 Å². The van der Waals surface area contributed by atoms with Crippen LogP contribution in [0.25, 0.3) is 0 Å². The second-order valence-electron chi connectivity index (χ2n) is 8.28. The van der Waals surface area contributed by atoms with Gasteiger partial charge in [0.1, 0.15) is 0 Å². The van der Waals surface area contributed by atoms with Crippen LogP contribution in [0.4, 0.5) is 0 Å². The average molecular weight is 547 g/mol. The van der Waals surface area contributed by atoms with E-state index in [9.17, 15) is 9.59 Å².